The van der Waals surface area contributed by atoms with Gasteiger partial charge in [0.1, 0.15) is 0 Å². The van der Waals surface area contributed by atoms with Crippen LogP contribution in [0.3, 0.4) is 0 Å². The molecule has 1 aromatic rings. The maximum Gasteiger partial charge on any atom is 0.161 e. The van der Waals surface area contributed by atoms with E-state index >= 15 is 0 Å². The zero-order chi connectivity index (χ0) is 13.4. The van der Waals surface area contributed by atoms with E-state index in [0.717, 1.165) is 32.5 Å². The topological polar surface area (TPSA) is 32.7 Å². The van der Waals surface area contributed by atoms with Crippen LogP contribution in [-0.4, -0.2) is 29.7 Å². The number of hydrogen-bond donors (Lipinski definition) is 1. The standard InChI is InChI=1S/C15H25NO2/c1-4-9-16(10-5-2)12-13-7-8-14(17)15(11-13)18-6-3/h7-8,11,17H,4-6,9-10,12H2,1-3H3. The molecule has 0 bridgehead atoms. The fourth-order valence-corrected chi connectivity index (χ4v) is 2.09. The van der Waals surface area contributed by atoms with Crippen LogP contribution in [0.4, 0.5) is 0 Å². The van der Waals surface area contributed by atoms with Crippen LogP contribution in [0.25, 0.3) is 0 Å². The molecule has 0 saturated heterocycles. The second-order valence-corrected chi connectivity index (χ2v) is 4.51. The molecular formula is C15H25NO2. The first-order valence-corrected chi connectivity index (χ1v) is 6.88. The average molecular weight is 251 g/mol. The van der Waals surface area contributed by atoms with E-state index in [-0.39, 0.29) is 5.75 Å². The van der Waals surface area contributed by atoms with E-state index in [0.29, 0.717) is 12.4 Å². The molecule has 0 unspecified atom stereocenters. The van der Waals surface area contributed by atoms with Crippen LogP contribution in [0.15, 0.2) is 18.2 Å². The third kappa shape index (κ3) is 4.57. The van der Waals surface area contributed by atoms with E-state index in [1.807, 2.05) is 19.1 Å². The molecule has 1 N–H and O–H groups in total. The van der Waals surface area contributed by atoms with Gasteiger partial charge in [0, 0.05) is 6.54 Å². The van der Waals surface area contributed by atoms with Crippen LogP contribution in [0.1, 0.15) is 39.2 Å². The van der Waals surface area contributed by atoms with Crippen molar-refractivity contribution in [2.75, 3.05) is 19.7 Å². The summed E-state index contributed by atoms with van der Waals surface area (Å²) in [4.78, 5) is 2.43. The summed E-state index contributed by atoms with van der Waals surface area (Å²) in [7, 11) is 0. The molecule has 0 heterocycles. The monoisotopic (exact) mass is 251 g/mol. The number of phenols is 1. The summed E-state index contributed by atoms with van der Waals surface area (Å²) in [5.41, 5.74) is 1.19. The summed E-state index contributed by atoms with van der Waals surface area (Å²) in [6, 6.07) is 5.63. The fraction of sp³-hybridized carbons (Fsp3) is 0.600. The molecule has 0 spiro atoms. The first kappa shape index (κ1) is 14.8. The summed E-state index contributed by atoms with van der Waals surface area (Å²) >= 11 is 0. The predicted molar refractivity (Wildman–Crippen MR) is 75.1 cm³/mol. The highest BCUT2D eigenvalue weighted by molar-refractivity contribution is 5.41. The van der Waals surface area contributed by atoms with Gasteiger partial charge in [-0.2, -0.15) is 0 Å². The van der Waals surface area contributed by atoms with Crippen molar-refractivity contribution in [1.29, 1.82) is 0 Å². The molecule has 3 nitrogen and oxygen atoms in total. The molecule has 0 fully saturated rings. The van der Waals surface area contributed by atoms with Crippen molar-refractivity contribution in [2.24, 2.45) is 0 Å². The van der Waals surface area contributed by atoms with Crippen LogP contribution < -0.4 is 4.74 Å². The third-order valence-electron chi connectivity index (χ3n) is 2.81. The van der Waals surface area contributed by atoms with E-state index in [1.165, 1.54) is 5.56 Å². The number of phenolic OH excluding ortho intramolecular Hbond substituents is 1. The van der Waals surface area contributed by atoms with Crippen molar-refractivity contribution >= 4 is 0 Å². The first-order valence-electron chi connectivity index (χ1n) is 6.88. The molecule has 0 radical (unpaired) electrons. The second-order valence-electron chi connectivity index (χ2n) is 4.51. The van der Waals surface area contributed by atoms with Gasteiger partial charge in [-0.25, -0.2) is 0 Å². The van der Waals surface area contributed by atoms with Crippen molar-refractivity contribution in [3.05, 3.63) is 23.8 Å². The highest BCUT2D eigenvalue weighted by atomic mass is 16.5. The minimum Gasteiger partial charge on any atom is -0.504 e. The Hall–Kier alpha value is -1.22. The molecule has 0 aliphatic heterocycles. The van der Waals surface area contributed by atoms with Gasteiger partial charge in [0.15, 0.2) is 11.5 Å². The van der Waals surface area contributed by atoms with Gasteiger partial charge in [0.05, 0.1) is 6.61 Å². The summed E-state index contributed by atoms with van der Waals surface area (Å²) < 4.78 is 5.41. The van der Waals surface area contributed by atoms with Crippen molar-refractivity contribution < 1.29 is 9.84 Å². The Morgan fingerprint density at radius 1 is 1.11 bits per heavy atom. The zero-order valence-corrected chi connectivity index (χ0v) is 11.8. The smallest absolute Gasteiger partial charge is 0.161 e. The van der Waals surface area contributed by atoms with Gasteiger partial charge in [-0.1, -0.05) is 19.9 Å². The number of aromatic hydroxyl groups is 1. The lowest BCUT2D eigenvalue weighted by Gasteiger charge is -2.21. The molecule has 1 rings (SSSR count). The quantitative estimate of drug-likeness (QED) is 0.768. The van der Waals surface area contributed by atoms with Gasteiger partial charge < -0.3 is 9.84 Å². The Morgan fingerprint density at radius 3 is 2.33 bits per heavy atom. The molecule has 0 aliphatic carbocycles. The summed E-state index contributed by atoms with van der Waals surface area (Å²) in [6.45, 7) is 10.0. The van der Waals surface area contributed by atoms with Crippen molar-refractivity contribution in [3.63, 3.8) is 0 Å². The Balaban J connectivity index is 2.72. The largest absolute Gasteiger partial charge is 0.504 e. The van der Waals surface area contributed by atoms with Gasteiger partial charge >= 0.3 is 0 Å². The van der Waals surface area contributed by atoms with Gasteiger partial charge in [-0.05, 0) is 50.6 Å². The Bertz CT molecular complexity index is 346. The minimum absolute atomic E-state index is 0.220. The average Bonchev–Trinajstić information content (AvgIpc) is 2.34. The van der Waals surface area contributed by atoms with E-state index in [2.05, 4.69) is 18.7 Å². The van der Waals surface area contributed by atoms with Gasteiger partial charge in [0.2, 0.25) is 0 Å². The number of hydrogen-bond acceptors (Lipinski definition) is 3. The molecule has 18 heavy (non-hydrogen) atoms. The lowest BCUT2D eigenvalue weighted by atomic mass is 10.1. The molecule has 0 saturated carbocycles. The van der Waals surface area contributed by atoms with Gasteiger partial charge in [0.25, 0.3) is 0 Å². The first-order chi connectivity index (χ1) is 8.71. The van der Waals surface area contributed by atoms with Gasteiger partial charge in [-0.3, -0.25) is 4.90 Å². The molecule has 1 aromatic carbocycles. The lowest BCUT2D eigenvalue weighted by Crippen LogP contribution is -2.24. The highest BCUT2D eigenvalue weighted by Crippen LogP contribution is 2.27. The van der Waals surface area contributed by atoms with E-state index in [9.17, 15) is 5.11 Å². The maximum atomic E-state index is 9.67. The number of rotatable bonds is 8. The fourth-order valence-electron chi connectivity index (χ4n) is 2.09. The number of ether oxygens (including phenoxy) is 1. The number of nitrogens with zero attached hydrogens (tertiary/aromatic N) is 1. The Labute approximate surface area is 110 Å². The molecular weight excluding hydrogens is 226 g/mol. The van der Waals surface area contributed by atoms with E-state index in [4.69, 9.17) is 4.74 Å². The lowest BCUT2D eigenvalue weighted by molar-refractivity contribution is 0.265. The Morgan fingerprint density at radius 2 is 1.78 bits per heavy atom. The van der Waals surface area contributed by atoms with Crippen LogP contribution in [0, 0.1) is 0 Å². The van der Waals surface area contributed by atoms with Crippen LogP contribution in [0.2, 0.25) is 0 Å². The highest BCUT2D eigenvalue weighted by Gasteiger charge is 2.07. The van der Waals surface area contributed by atoms with E-state index < -0.39 is 0 Å². The maximum absolute atomic E-state index is 9.67. The second kappa shape index (κ2) is 7.98. The molecule has 0 aliphatic rings. The summed E-state index contributed by atoms with van der Waals surface area (Å²) in [5, 5.41) is 9.67. The Kier molecular flexibility index (Phi) is 6.58. The van der Waals surface area contributed by atoms with E-state index in [1.54, 1.807) is 6.07 Å². The molecule has 102 valence electrons. The molecule has 0 aromatic heterocycles. The summed E-state index contributed by atoms with van der Waals surface area (Å²) in [5.74, 6) is 0.807. The third-order valence-corrected chi connectivity index (χ3v) is 2.81. The van der Waals surface area contributed by atoms with Crippen LogP contribution in [0.5, 0.6) is 11.5 Å². The SMILES string of the molecule is CCCN(CCC)Cc1ccc(O)c(OCC)c1. The van der Waals surface area contributed by atoms with Gasteiger partial charge in [-0.15, -0.1) is 0 Å². The normalized spacial score (nSPS) is 10.9. The number of benzene rings is 1. The molecule has 0 atom stereocenters. The summed E-state index contributed by atoms with van der Waals surface area (Å²) in [6.07, 6.45) is 2.33. The predicted octanol–water partition coefficient (Wildman–Crippen LogP) is 3.41. The van der Waals surface area contributed by atoms with Crippen LogP contribution in [-0.2, 0) is 6.54 Å². The zero-order valence-electron chi connectivity index (χ0n) is 11.8. The minimum atomic E-state index is 0.220. The molecule has 0 amide bonds. The molecule has 3 heteroatoms. The van der Waals surface area contributed by atoms with Crippen molar-refractivity contribution in [1.82, 2.24) is 4.90 Å². The van der Waals surface area contributed by atoms with Crippen molar-refractivity contribution in [3.8, 4) is 11.5 Å². The van der Waals surface area contributed by atoms with Crippen LogP contribution >= 0.6 is 0 Å². The van der Waals surface area contributed by atoms with Crippen molar-refractivity contribution in [2.45, 2.75) is 40.2 Å².